The van der Waals surface area contributed by atoms with E-state index in [1.807, 2.05) is 25.3 Å². The quantitative estimate of drug-likeness (QED) is 0.798. The maximum atomic E-state index is 9.60. The zero-order valence-corrected chi connectivity index (χ0v) is 12.9. The van der Waals surface area contributed by atoms with Crippen molar-refractivity contribution in [2.75, 3.05) is 0 Å². The van der Waals surface area contributed by atoms with Crippen molar-refractivity contribution in [3.63, 3.8) is 0 Å². The van der Waals surface area contributed by atoms with Crippen LogP contribution in [-0.2, 0) is 4.79 Å². The molecule has 4 heteroatoms. The first-order chi connectivity index (χ1) is 7.24. The Morgan fingerprint density at radius 1 is 1.31 bits per heavy atom. The van der Waals surface area contributed by atoms with Crippen LogP contribution in [0.2, 0.25) is 0 Å². The monoisotopic (exact) mass is 244 g/mol. The molecule has 1 aromatic heterocycles. The van der Waals surface area contributed by atoms with Crippen molar-refractivity contribution in [3.05, 3.63) is 36.5 Å². The number of aromatic nitrogens is 1. The van der Waals surface area contributed by atoms with Crippen molar-refractivity contribution in [2.24, 2.45) is 0 Å². The summed E-state index contributed by atoms with van der Waals surface area (Å²) in [6, 6.07) is 10.3. The molecule has 81 valence electrons. The van der Waals surface area contributed by atoms with Gasteiger partial charge in [-0.3, -0.25) is 4.79 Å². The van der Waals surface area contributed by atoms with Gasteiger partial charge >= 0.3 is 5.97 Å². The molecule has 0 bridgehead atoms. The summed E-state index contributed by atoms with van der Waals surface area (Å²) in [5.74, 6) is -0.711. The van der Waals surface area contributed by atoms with Crippen LogP contribution in [0.5, 0.6) is 0 Å². The van der Waals surface area contributed by atoms with E-state index in [9.17, 15) is 4.79 Å². The number of benzene rings is 1. The van der Waals surface area contributed by atoms with Crippen LogP contribution < -0.4 is 0 Å². The first-order valence-electron chi connectivity index (χ1n) is 4.98. The van der Waals surface area contributed by atoms with Crippen LogP contribution in [0.25, 0.3) is 10.9 Å². The Morgan fingerprint density at radius 3 is 2.50 bits per heavy atom. The molecule has 3 nitrogen and oxygen atoms in total. The van der Waals surface area contributed by atoms with E-state index < -0.39 is 5.97 Å². The van der Waals surface area contributed by atoms with Crippen LogP contribution >= 0.6 is 0 Å². The van der Waals surface area contributed by atoms with Crippen molar-refractivity contribution in [2.45, 2.75) is 19.8 Å². The molecule has 0 amide bonds. The second kappa shape index (κ2) is 8.95. The molecular weight excluding hydrogens is 229 g/mol. The topological polar surface area (TPSA) is 53.1 Å². The summed E-state index contributed by atoms with van der Waals surface area (Å²) in [5.41, 5.74) is 1.21. The average Bonchev–Trinajstić information content (AvgIpc) is 2.65. The molecule has 2 rings (SSSR count). The van der Waals surface area contributed by atoms with Gasteiger partial charge in [0.25, 0.3) is 0 Å². The van der Waals surface area contributed by atoms with Crippen LogP contribution in [0.3, 0.4) is 0 Å². The number of H-pyrrole nitrogens is 1. The third kappa shape index (κ3) is 5.82. The summed E-state index contributed by atoms with van der Waals surface area (Å²) in [4.78, 5) is 12.7. The van der Waals surface area contributed by atoms with E-state index in [0.29, 0.717) is 6.42 Å². The van der Waals surface area contributed by atoms with E-state index in [4.69, 9.17) is 5.11 Å². The van der Waals surface area contributed by atoms with Crippen LogP contribution in [0.1, 0.15) is 19.8 Å². The van der Waals surface area contributed by atoms with Gasteiger partial charge in [-0.1, -0.05) is 25.1 Å². The molecule has 0 saturated carbocycles. The molecule has 1 radical (unpaired) electrons. The molecule has 1 heterocycles. The Bertz CT molecular complexity index is 395. The second-order valence-electron chi connectivity index (χ2n) is 3.21. The van der Waals surface area contributed by atoms with Crippen molar-refractivity contribution >= 4 is 68.3 Å². The zero-order chi connectivity index (χ0) is 11.1. The fraction of sp³-hybridized carbons (Fsp3) is 0.250. The normalized spacial score (nSPS) is 8.81. The molecule has 0 aliphatic rings. The van der Waals surface area contributed by atoms with Crippen LogP contribution in [0.4, 0.5) is 0 Å². The number of hydrogen-bond acceptors (Lipinski definition) is 1. The van der Waals surface area contributed by atoms with Gasteiger partial charge in [0.1, 0.15) is 0 Å². The minimum Gasteiger partial charge on any atom is -0.481 e. The average molecular weight is 244 g/mol. The SMILES string of the molecule is CCCC(=O)O.[K].c1ccc2[nH]ccc2c1. The predicted molar refractivity (Wildman–Crippen MR) is 66.6 cm³/mol. The maximum Gasteiger partial charge on any atom is 0.303 e. The minimum absolute atomic E-state index is 0. The summed E-state index contributed by atoms with van der Waals surface area (Å²) in [7, 11) is 0. The van der Waals surface area contributed by atoms with Crippen molar-refractivity contribution in [1.29, 1.82) is 0 Å². The van der Waals surface area contributed by atoms with Gasteiger partial charge in [-0.25, -0.2) is 0 Å². The number of hydrogen-bond donors (Lipinski definition) is 2. The van der Waals surface area contributed by atoms with Crippen LogP contribution in [0.15, 0.2) is 36.5 Å². The molecule has 0 atom stereocenters. The summed E-state index contributed by atoms with van der Waals surface area (Å²) >= 11 is 0. The van der Waals surface area contributed by atoms with Gasteiger partial charge in [0.2, 0.25) is 0 Å². The molecule has 16 heavy (non-hydrogen) atoms. The molecule has 0 aliphatic heterocycles. The fourth-order valence-corrected chi connectivity index (χ4v) is 1.21. The van der Waals surface area contributed by atoms with Gasteiger partial charge in [-0.2, -0.15) is 0 Å². The first kappa shape index (κ1) is 15.9. The summed E-state index contributed by atoms with van der Waals surface area (Å²) in [6.07, 6.45) is 2.97. The number of carboxylic acids is 1. The van der Waals surface area contributed by atoms with Gasteiger partial charge in [0.15, 0.2) is 0 Å². The van der Waals surface area contributed by atoms with Crippen molar-refractivity contribution in [1.82, 2.24) is 4.98 Å². The zero-order valence-electron chi connectivity index (χ0n) is 9.73. The molecule has 0 aliphatic carbocycles. The molecule has 0 unspecified atom stereocenters. The largest absolute Gasteiger partial charge is 0.481 e. The number of carboxylic acid groups (broad SMARTS) is 1. The fourth-order valence-electron chi connectivity index (χ4n) is 1.21. The smallest absolute Gasteiger partial charge is 0.303 e. The molecule has 2 N–H and O–H groups in total. The van der Waals surface area contributed by atoms with E-state index in [-0.39, 0.29) is 51.4 Å². The van der Waals surface area contributed by atoms with E-state index in [1.165, 1.54) is 10.9 Å². The van der Waals surface area contributed by atoms with Gasteiger partial charge in [-0.15, -0.1) is 0 Å². The molecule has 0 fully saturated rings. The van der Waals surface area contributed by atoms with Gasteiger partial charge < -0.3 is 10.1 Å². The Morgan fingerprint density at radius 2 is 2.00 bits per heavy atom. The number of rotatable bonds is 2. The molecule has 0 spiro atoms. The van der Waals surface area contributed by atoms with Gasteiger partial charge in [0, 0.05) is 69.5 Å². The standard InChI is InChI=1S/C8H7N.C4H8O2.K/c1-2-4-8-7(3-1)5-6-9-8;1-2-3-4(5)6;/h1-6,9H;2-3H2,1H3,(H,5,6);. The Labute approximate surface area is 138 Å². The Hall–Kier alpha value is -0.134. The Kier molecular flexibility index (Phi) is 8.88. The first-order valence-corrected chi connectivity index (χ1v) is 4.98. The summed E-state index contributed by atoms with van der Waals surface area (Å²) < 4.78 is 0. The molecule has 1 aromatic carbocycles. The summed E-state index contributed by atoms with van der Waals surface area (Å²) in [5, 5.41) is 9.19. The predicted octanol–water partition coefficient (Wildman–Crippen LogP) is 2.66. The van der Waals surface area contributed by atoms with E-state index in [2.05, 4.69) is 23.2 Å². The van der Waals surface area contributed by atoms with Crippen LogP contribution in [0, 0.1) is 0 Å². The Balaban J connectivity index is 0.000000289. The maximum absolute atomic E-state index is 9.60. The number of nitrogens with one attached hydrogen (secondary N) is 1. The van der Waals surface area contributed by atoms with Gasteiger partial charge in [0.05, 0.1) is 0 Å². The molecule has 0 saturated heterocycles. The second-order valence-corrected chi connectivity index (χ2v) is 3.21. The van der Waals surface area contributed by atoms with Crippen molar-refractivity contribution < 1.29 is 9.90 Å². The van der Waals surface area contributed by atoms with E-state index in [1.54, 1.807) is 0 Å². The third-order valence-corrected chi connectivity index (χ3v) is 1.93. The van der Waals surface area contributed by atoms with Gasteiger partial charge in [-0.05, 0) is 23.9 Å². The number of aromatic amines is 1. The van der Waals surface area contributed by atoms with Crippen molar-refractivity contribution in [3.8, 4) is 0 Å². The number of fused-ring (bicyclic) bond motifs is 1. The third-order valence-electron chi connectivity index (χ3n) is 1.93. The minimum atomic E-state index is -0.711. The number of para-hydroxylation sites is 1. The van der Waals surface area contributed by atoms with Crippen LogP contribution in [-0.4, -0.2) is 67.4 Å². The molecule has 2 aromatic rings. The number of carbonyl (C=O) groups is 1. The van der Waals surface area contributed by atoms with E-state index in [0.717, 1.165) is 6.42 Å². The van der Waals surface area contributed by atoms with E-state index >= 15 is 0 Å². The summed E-state index contributed by atoms with van der Waals surface area (Å²) in [6.45, 7) is 1.84. The number of aliphatic carboxylic acids is 1. The molecular formula is C12H15KNO2.